The van der Waals surface area contributed by atoms with Crippen LogP contribution in [0.1, 0.15) is 59.8 Å². The minimum absolute atomic E-state index is 0.107. The average Bonchev–Trinajstić information content (AvgIpc) is 2.53. The summed E-state index contributed by atoms with van der Waals surface area (Å²) in [7, 11) is 0. The van der Waals surface area contributed by atoms with Gasteiger partial charge in [-0.3, -0.25) is 9.59 Å². The van der Waals surface area contributed by atoms with E-state index in [9.17, 15) is 9.59 Å². The zero-order valence-corrected chi connectivity index (χ0v) is 16.7. The molecule has 4 nitrogen and oxygen atoms in total. The fourth-order valence-corrected chi connectivity index (χ4v) is 2.58. The van der Waals surface area contributed by atoms with E-state index in [1.165, 1.54) is 0 Å². The zero-order valence-electron chi connectivity index (χ0n) is 14.5. The van der Waals surface area contributed by atoms with Crippen LogP contribution in [0.2, 0.25) is 0 Å². The van der Waals surface area contributed by atoms with Crippen molar-refractivity contribution in [1.29, 1.82) is 0 Å². The van der Waals surface area contributed by atoms with Gasteiger partial charge in [0.15, 0.2) is 5.41 Å². The van der Waals surface area contributed by atoms with Crippen LogP contribution in [0.4, 0.5) is 0 Å². The largest absolute Gasteiger partial charge is 0.465 e. The molecule has 0 bridgehead atoms. The van der Waals surface area contributed by atoms with Gasteiger partial charge in [-0.15, -0.1) is 11.8 Å². The van der Waals surface area contributed by atoms with Gasteiger partial charge >= 0.3 is 11.9 Å². The number of unbranched alkanes of at least 4 members (excludes halogenated alkanes) is 1. The maximum Gasteiger partial charge on any atom is 0.324 e. The first-order valence-electron chi connectivity index (χ1n) is 8.07. The summed E-state index contributed by atoms with van der Waals surface area (Å²) in [4.78, 5) is 25.0. The zero-order chi connectivity index (χ0) is 17.7. The van der Waals surface area contributed by atoms with Crippen molar-refractivity contribution in [1.82, 2.24) is 0 Å². The van der Waals surface area contributed by atoms with Crippen LogP contribution >= 0.6 is 22.6 Å². The van der Waals surface area contributed by atoms with E-state index in [2.05, 4.69) is 41.4 Å². The number of hydrogen-bond acceptors (Lipinski definition) is 4. The summed E-state index contributed by atoms with van der Waals surface area (Å²) in [5, 5.41) is 0. The van der Waals surface area contributed by atoms with Crippen molar-refractivity contribution in [3.63, 3.8) is 0 Å². The molecule has 130 valence electrons. The first kappa shape index (κ1) is 22.0. The Labute approximate surface area is 153 Å². The molecule has 0 heterocycles. The highest BCUT2D eigenvalue weighted by atomic mass is 127. The van der Waals surface area contributed by atoms with E-state index in [1.807, 2.05) is 6.08 Å². The minimum atomic E-state index is -1.38. The SMILES string of the molecule is CC#CCC(C/C=C(\I)CCCC)(C(=O)OCC)C(=O)OCC. The quantitative estimate of drug-likeness (QED) is 0.221. The van der Waals surface area contributed by atoms with E-state index in [0.717, 1.165) is 22.8 Å². The van der Waals surface area contributed by atoms with Crippen LogP contribution in [0.25, 0.3) is 0 Å². The Hall–Kier alpha value is -1.03. The lowest BCUT2D eigenvalue weighted by Gasteiger charge is -2.26. The monoisotopic (exact) mass is 434 g/mol. The number of ether oxygens (including phenoxy) is 2. The maximum atomic E-state index is 12.5. The van der Waals surface area contributed by atoms with E-state index < -0.39 is 17.4 Å². The highest BCUT2D eigenvalue weighted by Gasteiger charge is 2.47. The standard InChI is InChI=1S/C18H27IO4/c1-5-9-11-15(19)12-14-18(13-10-6-2,16(20)22-7-3)17(21)23-8-4/h12H,5,7-9,11,13-14H2,1-4H3/b15-12-. The second kappa shape index (κ2) is 12.4. The Kier molecular flexibility index (Phi) is 11.8. The number of rotatable bonds is 10. The molecule has 0 radical (unpaired) electrons. The summed E-state index contributed by atoms with van der Waals surface area (Å²) in [5.74, 6) is 4.49. The molecule has 0 unspecified atom stereocenters. The molecule has 0 aromatic carbocycles. The predicted octanol–water partition coefficient (Wildman–Crippen LogP) is 4.41. The first-order chi connectivity index (χ1) is 11.0. The van der Waals surface area contributed by atoms with Crippen molar-refractivity contribution in [2.45, 2.75) is 59.8 Å². The number of carbonyl (C=O) groups excluding carboxylic acids is 2. The molecule has 0 rings (SSSR count). The molecule has 5 heteroatoms. The van der Waals surface area contributed by atoms with Crippen LogP contribution in [-0.2, 0) is 19.1 Å². The summed E-state index contributed by atoms with van der Waals surface area (Å²) in [6.07, 6.45) is 5.41. The van der Waals surface area contributed by atoms with Crippen molar-refractivity contribution < 1.29 is 19.1 Å². The molecule has 0 N–H and O–H groups in total. The van der Waals surface area contributed by atoms with Gasteiger partial charge in [-0.2, -0.15) is 0 Å². The molecule has 0 aromatic heterocycles. The van der Waals surface area contributed by atoms with Crippen LogP contribution in [0.5, 0.6) is 0 Å². The predicted molar refractivity (Wildman–Crippen MR) is 100 cm³/mol. The number of esters is 2. The van der Waals surface area contributed by atoms with Gasteiger partial charge in [0, 0.05) is 6.42 Å². The smallest absolute Gasteiger partial charge is 0.324 e. The Morgan fingerprint density at radius 3 is 2.13 bits per heavy atom. The number of carbonyl (C=O) groups is 2. The highest BCUT2D eigenvalue weighted by molar-refractivity contribution is 14.1. The van der Waals surface area contributed by atoms with Gasteiger partial charge in [-0.05, 0) is 66.2 Å². The second-order valence-electron chi connectivity index (χ2n) is 5.09. The third-order valence-corrected chi connectivity index (χ3v) is 4.32. The van der Waals surface area contributed by atoms with E-state index in [0.29, 0.717) is 0 Å². The van der Waals surface area contributed by atoms with Gasteiger partial charge in [-0.25, -0.2) is 0 Å². The Morgan fingerprint density at radius 2 is 1.70 bits per heavy atom. The molecule has 0 saturated heterocycles. The molecule has 0 amide bonds. The number of allylic oxidation sites excluding steroid dienone is 2. The fraction of sp³-hybridized carbons (Fsp3) is 0.667. The van der Waals surface area contributed by atoms with Gasteiger partial charge < -0.3 is 9.47 Å². The molecular formula is C18H27IO4. The van der Waals surface area contributed by atoms with E-state index in [-0.39, 0.29) is 26.1 Å². The van der Waals surface area contributed by atoms with Crippen molar-refractivity contribution in [2.24, 2.45) is 5.41 Å². The van der Waals surface area contributed by atoms with Crippen molar-refractivity contribution in [3.05, 3.63) is 9.66 Å². The number of halogens is 1. The van der Waals surface area contributed by atoms with Crippen molar-refractivity contribution >= 4 is 34.5 Å². The molecule has 0 fully saturated rings. The molecule has 0 aliphatic heterocycles. The maximum absolute atomic E-state index is 12.5. The van der Waals surface area contributed by atoms with Gasteiger partial charge in [0.05, 0.1) is 13.2 Å². The Morgan fingerprint density at radius 1 is 1.13 bits per heavy atom. The molecule has 23 heavy (non-hydrogen) atoms. The van der Waals surface area contributed by atoms with E-state index in [1.54, 1.807) is 20.8 Å². The lowest BCUT2D eigenvalue weighted by molar-refractivity contribution is -0.171. The molecule has 0 aromatic rings. The second-order valence-corrected chi connectivity index (χ2v) is 6.47. The molecular weight excluding hydrogens is 407 g/mol. The van der Waals surface area contributed by atoms with Gasteiger partial charge in [-0.1, -0.05) is 19.4 Å². The lowest BCUT2D eigenvalue weighted by atomic mass is 9.81. The van der Waals surface area contributed by atoms with Crippen LogP contribution < -0.4 is 0 Å². The molecule has 0 spiro atoms. The van der Waals surface area contributed by atoms with Crippen molar-refractivity contribution in [2.75, 3.05) is 13.2 Å². The molecule has 0 aliphatic carbocycles. The van der Waals surface area contributed by atoms with Crippen LogP contribution in [-0.4, -0.2) is 25.2 Å². The highest BCUT2D eigenvalue weighted by Crippen LogP contribution is 2.33. The fourth-order valence-electron chi connectivity index (χ4n) is 1.98. The van der Waals surface area contributed by atoms with Gasteiger partial charge in [0.25, 0.3) is 0 Å². The Bertz CT molecular complexity index is 453. The van der Waals surface area contributed by atoms with Gasteiger partial charge in [0.2, 0.25) is 0 Å². The van der Waals surface area contributed by atoms with Crippen LogP contribution in [0.15, 0.2) is 9.66 Å². The normalized spacial score (nSPS) is 11.4. The molecule has 0 atom stereocenters. The number of hydrogen-bond donors (Lipinski definition) is 0. The molecule has 0 saturated carbocycles. The third-order valence-electron chi connectivity index (χ3n) is 3.34. The third kappa shape index (κ3) is 7.38. The van der Waals surface area contributed by atoms with E-state index in [4.69, 9.17) is 9.47 Å². The summed E-state index contributed by atoms with van der Waals surface area (Å²) in [5.41, 5.74) is -1.38. The van der Waals surface area contributed by atoms with Crippen molar-refractivity contribution in [3.8, 4) is 11.8 Å². The summed E-state index contributed by atoms with van der Waals surface area (Å²) < 4.78 is 11.4. The van der Waals surface area contributed by atoms with Crippen LogP contribution in [0, 0.1) is 17.3 Å². The summed E-state index contributed by atoms with van der Waals surface area (Å²) in [6, 6.07) is 0. The first-order valence-corrected chi connectivity index (χ1v) is 9.14. The summed E-state index contributed by atoms with van der Waals surface area (Å²) in [6.45, 7) is 7.69. The topological polar surface area (TPSA) is 52.6 Å². The lowest BCUT2D eigenvalue weighted by Crippen LogP contribution is -2.41. The van der Waals surface area contributed by atoms with Gasteiger partial charge in [0.1, 0.15) is 0 Å². The average molecular weight is 434 g/mol. The Balaban J connectivity index is 5.54. The molecule has 0 aliphatic rings. The van der Waals surface area contributed by atoms with Crippen LogP contribution in [0.3, 0.4) is 0 Å². The summed E-state index contributed by atoms with van der Waals surface area (Å²) >= 11 is 2.25. The van der Waals surface area contributed by atoms with E-state index >= 15 is 0 Å². The minimum Gasteiger partial charge on any atom is -0.465 e.